The van der Waals surface area contributed by atoms with Crippen LogP contribution in [0, 0.1) is 5.92 Å². The van der Waals surface area contributed by atoms with Gasteiger partial charge in [-0.1, -0.05) is 67.6 Å². The van der Waals surface area contributed by atoms with Gasteiger partial charge in [0.05, 0.1) is 9.93 Å². The Kier molecular flexibility index (Phi) is 6.13. The Morgan fingerprint density at radius 3 is 2.68 bits per heavy atom. The highest BCUT2D eigenvalue weighted by Crippen LogP contribution is 2.35. The Balaban J connectivity index is 1.85. The lowest BCUT2D eigenvalue weighted by atomic mass is 10.2. The normalized spacial score (nSPS) is 15.5. The van der Waals surface area contributed by atoms with Crippen LogP contribution < -0.4 is 10.3 Å². The van der Waals surface area contributed by atoms with Crippen LogP contribution in [-0.2, 0) is 4.79 Å². The fourth-order valence-electron chi connectivity index (χ4n) is 3.07. The molecule has 0 spiro atoms. The van der Waals surface area contributed by atoms with Crippen molar-refractivity contribution in [1.29, 1.82) is 0 Å². The second-order valence-electron chi connectivity index (χ2n) is 7.28. The van der Waals surface area contributed by atoms with Gasteiger partial charge in [0.2, 0.25) is 5.88 Å². The number of ether oxygens (including phenoxy) is 1. The van der Waals surface area contributed by atoms with Crippen LogP contribution in [0.2, 0.25) is 5.02 Å². The molecule has 6 nitrogen and oxygen atoms in total. The highest BCUT2D eigenvalue weighted by molar-refractivity contribution is 8.26. The van der Waals surface area contributed by atoms with E-state index >= 15 is 0 Å². The van der Waals surface area contributed by atoms with E-state index in [1.165, 1.54) is 10.5 Å². The van der Waals surface area contributed by atoms with Gasteiger partial charge in [0.15, 0.2) is 0 Å². The van der Waals surface area contributed by atoms with E-state index in [-0.39, 0.29) is 28.8 Å². The first kappa shape index (κ1) is 21.5. The first-order valence-electron chi connectivity index (χ1n) is 9.54. The molecule has 0 radical (unpaired) electrons. The molecular formula is C22H18ClN3O3S2. The maximum Gasteiger partial charge on any atom is 0.269 e. The first-order chi connectivity index (χ1) is 14.8. The van der Waals surface area contributed by atoms with Gasteiger partial charge >= 0.3 is 0 Å². The van der Waals surface area contributed by atoms with Gasteiger partial charge in [-0.05, 0) is 36.3 Å². The zero-order chi connectivity index (χ0) is 22.1. The lowest BCUT2D eigenvalue weighted by Crippen LogP contribution is -2.31. The van der Waals surface area contributed by atoms with E-state index in [0.29, 0.717) is 32.2 Å². The molecule has 1 aliphatic heterocycles. The summed E-state index contributed by atoms with van der Waals surface area (Å²) in [6.45, 7) is 4.54. The number of fused-ring (bicyclic) bond motifs is 1. The molecule has 1 fully saturated rings. The van der Waals surface area contributed by atoms with Crippen molar-refractivity contribution in [3.8, 4) is 11.6 Å². The number of carbonyl (C=O) groups is 1. The number of rotatable bonds is 5. The molecule has 2 aromatic heterocycles. The lowest BCUT2D eigenvalue weighted by molar-refractivity contribution is -0.122. The van der Waals surface area contributed by atoms with E-state index in [0.717, 1.165) is 11.8 Å². The SMILES string of the molecule is CC(C)CN1C(=O)/C(=C\c2c(Oc3ccccc3Cl)nc3ccccn3c2=O)SC1=S. The van der Waals surface area contributed by atoms with Crippen molar-refractivity contribution in [2.45, 2.75) is 13.8 Å². The molecule has 0 N–H and O–H groups in total. The predicted molar refractivity (Wildman–Crippen MR) is 128 cm³/mol. The van der Waals surface area contributed by atoms with Gasteiger partial charge in [-0.25, -0.2) is 0 Å². The van der Waals surface area contributed by atoms with Crippen LogP contribution in [0.4, 0.5) is 0 Å². The van der Waals surface area contributed by atoms with Crippen LogP contribution in [0.25, 0.3) is 11.7 Å². The molecule has 0 unspecified atom stereocenters. The average Bonchev–Trinajstić information content (AvgIpc) is 2.99. The molecule has 3 aromatic rings. The predicted octanol–water partition coefficient (Wildman–Crippen LogP) is 5.00. The monoisotopic (exact) mass is 471 g/mol. The van der Waals surface area contributed by atoms with E-state index < -0.39 is 0 Å². The number of hydrogen-bond donors (Lipinski definition) is 0. The highest BCUT2D eigenvalue weighted by Gasteiger charge is 2.33. The number of halogens is 1. The largest absolute Gasteiger partial charge is 0.437 e. The zero-order valence-electron chi connectivity index (χ0n) is 16.7. The summed E-state index contributed by atoms with van der Waals surface area (Å²) in [5.74, 6) is 0.454. The molecule has 1 aromatic carbocycles. The summed E-state index contributed by atoms with van der Waals surface area (Å²) in [4.78, 5) is 32.6. The van der Waals surface area contributed by atoms with Gasteiger partial charge in [-0.2, -0.15) is 4.98 Å². The van der Waals surface area contributed by atoms with Crippen molar-refractivity contribution in [2.24, 2.45) is 5.92 Å². The van der Waals surface area contributed by atoms with Crippen molar-refractivity contribution in [3.63, 3.8) is 0 Å². The van der Waals surface area contributed by atoms with E-state index in [1.54, 1.807) is 53.6 Å². The minimum Gasteiger partial charge on any atom is -0.437 e. The smallest absolute Gasteiger partial charge is 0.269 e. The third kappa shape index (κ3) is 4.37. The Bertz CT molecular complexity index is 1290. The fourth-order valence-corrected chi connectivity index (χ4v) is 4.50. The van der Waals surface area contributed by atoms with E-state index in [1.807, 2.05) is 13.8 Å². The van der Waals surface area contributed by atoms with Crippen molar-refractivity contribution in [3.05, 3.63) is 74.5 Å². The number of carbonyl (C=O) groups excluding carboxylic acids is 1. The van der Waals surface area contributed by atoms with Gasteiger partial charge in [0.1, 0.15) is 21.3 Å². The molecule has 0 aliphatic carbocycles. The molecule has 1 saturated heterocycles. The zero-order valence-corrected chi connectivity index (χ0v) is 19.1. The van der Waals surface area contributed by atoms with Crippen molar-refractivity contribution in [1.82, 2.24) is 14.3 Å². The molecule has 31 heavy (non-hydrogen) atoms. The minimum atomic E-state index is -0.359. The summed E-state index contributed by atoms with van der Waals surface area (Å²) in [6.07, 6.45) is 3.12. The number of para-hydroxylation sites is 1. The Morgan fingerprint density at radius 2 is 1.94 bits per heavy atom. The van der Waals surface area contributed by atoms with Gasteiger partial charge < -0.3 is 4.74 Å². The maximum atomic E-state index is 13.3. The van der Waals surface area contributed by atoms with Gasteiger partial charge in [-0.3, -0.25) is 18.9 Å². The van der Waals surface area contributed by atoms with Crippen LogP contribution in [-0.4, -0.2) is 31.1 Å². The molecule has 1 aliphatic rings. The topological polar surface area (TPSA) is 63.9 Å². The molecule has 0 atom stereocenters. The number of benzene rings is 1. The minimum absolute atomic E-state index is 0.0680. The van der Waals surface area contributed by atoms with Crippen LogP contribution >= 0.6 is 35.6 Å². The van der Waals surface area contributed by atoms with Gasteiger partial charge in [0, 0.05) is 12.7 Å². The summed E-state index contributed by atoms with van der Waals surface area (Å²) in [7, 11) is 0. The van der Waals surface area contributed by atoms with Crippen LogP contribution in [0.3, 0.4) is 0 Å². The third-order valence-corrected chi connectivity index (χ3v) is 6.16. The molecule has 0 bridgehead atoms. The van der Waals surface area contributed by atoms with Crippen molar-refractivity contribution < 1.29 is 9.53 Å². The Labute approximate surface area is 193 Å². The summed E-state index contributed by atoms with van der Waals surface area (Å²) in [5.41, 5.74) is 0.203. The van der Waals surface area contributed by atoms with E-state index in [4.69, 9.17) is 28.6 Å². The lowest BCUT2D eigenvalue weighted by Gasteiger charge is -2.16. The second-order valence-corrected chi connectivity index (χ2v) is 9.37. The van der Waals surface area contributed by atoms with Gasteiger partial charge in [-0.15, -0.1) is 0 Å². The van der Waals surface area contributed by atoms with Crippen molar-refractivity contribution in [2.75, 3.05) is 6.54 Å². The molecular weight excluding hydrogens is 454 g/mol. The average molecular weight is 472 g/mol. The number of thiocarbonyl (C=S) groups is 1. The third-order valence-electron chi connectivity index (χ3n) is 4.47. The molecule has 3 heterocycles. The number of aromatic nitrogens is 2. The van der Waals surface area contributed by atoms with Crippen LogP contribution in [0.5, 0.6) is 11.6 Å². The summed E-state index contributed by atoms with van der Waals surface area (Å²) < 4.78 is 7.79. The Hall–Kier alpha value is -2.68. The molecule has 158 valence electrons. The molecule has 0 saturated carbocycles. The first-order valence-corrected chi connectivity index (χ1v) is 11.1. The molecule has 1 amide bonds. The van der Waals surface area contributed by atoms with Gasteiger partial charge in [0.25, 0.3) is 11.5 Å². The second kappa shape index (κ2) is 8.82. The van der Waals surface area contributed by atoms with Crippen LogP contribution in [0.15, 0.2) is 58.4 Å². The highest BCUT2D eigenvalue weighted by atomic mass is 35.5. The summed E-state index contributed by atoms with van der Waals surface area (Å²) in [6, 6.07) is 12.1. The number of pyridine rings is 1. The van der Waals surface area contributed by atoms with Crippen LogP contribution in [0.1, 0.15) is 19.4 Å². The molecule has 9 heteroatoms. The number of amides is 1. The van der Waals surface area contributed by atoms with E-state index in [9.17, 15) is 9.59 Å². The molecule has 4 rings (SSSR count). The summed E-state index contributed by atoms with van der Waals surface area (Å²) in [5, 5.41) is 0.381. The number of thioether (sulfide) groups is 1. The fraction of sp³-hybridized carbons (Fsp3) is 0.182. The van der Waals surface area contributed by atoms with Crippen molar-refractivity contribution >= 4 is 57.5 Å². The number of nitrogens with zero attached hydrogens (tertiary/aromatic N) is 3. The van der Waals surface area contributed by atoms with E-state index in [2.05, 4.69) is 4.98 Å². The maximum absolute atomic E-state index is 13.3. The Morgan fingerprint density at radius 1 is 1.19 bits per heavy atom. The summed E-state index contributed by atoms with van der Waals surface area (Å²) >= 11 is 12.8. The quantitative estimate of drug-likeness (QED) is 0.385. The standard InChI is InChI=1S/C22H18ClN3O3S2/c1-13(2)12-26-21(28)17(31-22(26)30)11-14-19(29-16-8-4-3-7-15(16)23)24-18-9-5-6-10-25(18)20(14)27/h3-11,13H,12H2,1-2H3/b17-11+. The number of hydrogen-bond acceptors (Lipinski definition) is 6.